The molecule has 1 aliphatic carbocycles. The minimum absolute atomic E-state index is 0.177. The zero-order valence-electron chi connectivity index (χ0n) is 17.5. The third kappa shape index (κ3) is 4.01. The fraction of sp³-hybridized carbons (Fsp3) is 0.375. The van der Waals surface area contributed by atoms with Crippen LogP contribution in [0, 0.1) is 5.92 Å². The SMILES string of the molecule is O=C(C1CC1)N1CCCN(c2ncc(-c3ccccc3)c3nc(C(F)(F)F)ccc23)CC1. The van der Waals surface area contributed by atoms with Crippen molar-refractivity contribution in [3.8, 4) is 11.1 Å². The van der Waals surface area contributed by atoms with Crippen molar-refractivity contribution in [1.29, 1.82) is 0 Å². The Bertz CT molecular complexity index is 1150. The molecule has 0 radical (unpaired) electrons. The van der Waals surface area contributed by atoms with Crippen LogP contribution in [0.2, 0.25) is 0 Å². The van der Waals surface area contributed by atoms with Crippen LogP contribution in [0.3, 0.4) is 0 Å². The smallest absolute Gasteiger partial charge is 0.354 e. The van der Waals surface area contributed by atoms with Crippen molar-refractivity contribution < 1.29 is 18.0 Å². The predicted molar refractivity (Wildman–Crippen MR) is 116 cm³/mol. The van der Waals surface area contributed by atoms with Gasteiger partial charge in [0, 0.05) is 49.2 Å². The van der Waals surface area contributed by atoms with E-state index in [4.69, 9.17) is 0 Å². The van der Waals surface area contributed by atoms with Crippen LogP contribution in [0.1, 0.15) is 25.0 Å². The maximum absolute atomic E-state index is 13.4. The van der Waals surface area contributed by atoms with Gasteiger partial charge < -0.3 is 9.80 Å². The average Bonchev–Trinajstić information content (AvgIpc) is 3.65. The lowest BCUT2D eigenvalue weighted by molar-refractivity contribution is -0.141. The number of rotatable bonds is 3. The minimum Gasteiger partial charge on any atom is -0.354 e. The third-order valence-corrected chi connectivity index (χ3v) is 6.12. The van der Waals surface area contributed by atoms with Gasteiger partial charge in [-0.3, -0.25) is 4.79 Å². The number of carbonyl (C=O) groups is 1. The van der Waals surface area contributed by atoms with Crippen molar-refractivity contribution in [2.75, 3.05) is 31.1 Å². The van der Waals surface area contributed by atoms with Gasteiger partial charge in [0.15, 0.2) is 0 Å². The molecule has 1 aliphatic heterocycles. The van der Waals surface area contributed by atoms with E-state index in [1.165, 1.54) is 6.07 Å². The summed E-state index contributed by atoms with van der Waals surface area (Å²) in [5, 5.41) is 0.585. The molecule has 5 nitrogen and oxygen atoms in total. The summed E-state index contributed by atoms with van der Waals surface area (Å²) in [4.78, 5) is 25.1. The van der Waals surface area contributed by atoms with Crippen LogP contribution in [0.5, 0.6) is 0 Å². The second-order valence-electron chi connectivity index (χ2n) is 8.39. The Hall–Kier alpha value is -3.16. The Kier molecular flexibility index (Phi) is 5.23. The number of alkyl halides is 3. The molecule has 0 unspecified atom stereocenters. The molecule has 2 fully saturated rings. The molecule has 2 aliphatic rings. The highest BCUT2D eigenvalue weighted by Gasteiger charge is 2.35. The van der Waals surface area contributed by atoms with E-state index >= 15 is 0 Å². The van der Waals surface area contributed by atoms with Gasteiger partial charge in [-0.25, -0.2) is 9.97 Å². The van der Waals surface area contributed by atoms with Gasteiger partial charge in [-0.05, 0) is 37.0 Å². The summed E-state index contributed by atoms with van der Waals surface area (Å²) in [6, 6.07) is 11.7. The van der Waals surface area contributed by atoms with Gasteiger partial charge >= 0.3 is 6.18 Å². The van der Waals surface area contributed by atoms with Crippen LogP contribution in [0.15, 0.2) is 48.7 Å². The van der Waals surface area contributed by atoms with Crippen LogP contribution in [0.25, 0.3) is 22.0 Å². The summed E-state index contributed by atoms with van der Waals surface area (Å²) < 4.78 is 40.3. The number of hydrogen-bond donors (Lipinski definition) is 0. The second kappa shape index (κ2) is 8.07. The van der Waals surface area contributed by atoms with E-state index in [0.717, 1.165) is 30.9 Å². The van der Waals surface area contributed by atoms with E-state index in [0.29, 0.717) is 42.9 Å². The van der Waals surface area contributed by atoms with Crippen molar-refractivity contribution in [2.24, 2.45) is 5.92 Å². The van der Waals surface area contributed by atoms with Gasteiger partial charge in [0.2, 0.25) is 5.91 Å². The van der Waals surface area contributed by atoms with Gasteiger partial charge in [0.25, 0.3) is 0 Å². The number of fused-ring (bicyclic) bond motifs is 1. The first-order chi connectivity index (χ1) is 15.4. The predicted octanol–water partition coefficient (Wildman–Crippen LogP) is 4.76. The summed E-state index contributed by atoms with van der Waals surface area (Å²) in [6.45, 7) is 2.56. The van der Waals surface area contributed by atoms with Crippen molar-refractivity contribution in [2.45, 2.75) is 25.4 Å². The van der Waals surface area contributed by atoms with Crippen molar-refractivity contribution in [3.05, 3.63) is 54.4 Å². The highest BCUT2D eigenvalue weighted by molar-refractivity contribution is 5.99. The molecule has 1 amide bonds. The molecule has 0 spiro atoms. The monoisotopic (exact) mass is 440 g/mol. The Morgan fingerprint density at radius 3 is 2.47 bits per heavy atom. The average molecular weight is 440 g/mol. The fourth-order valence-corrected chi connectivity index (χ4v) is 4.28. The number of pyridine rings is 2. The van der Waals surface area contributed by atoms with Crippen molar-refractivity contribution in [1.82, 2.24) is 14.9 Å². The molecule has 1 saturated carbocycles. The molecule has 2 aromatic heterocycles. The lowest BCUT2D eigenvalue weighted by atomic mass is 10.0. The summed E-state index contributed by atoms with van der Waals surface area (Å²) in [5.41, 5.74) is 0.693. The topological polar surface area (TPSA) is 49.3 Å². The Balaban J connectivity index is 1.54. The van der Waals surface area contributed by atoms with E-state index in [2.05, 4.69) is 14.9 Å². The lowest BCUT2D eigenvalue weighted by Gasteiger charge is -2.24. The van der Waals surface area contributed by atoms with E-state index in [1.807, 2.05) is 35.2 Å². The highest BCUT2D eigenvalue weighted by atomic mass is 19.4. The third-order valence-electron chi connectivity index (χ3n) is 6.12. The number of amides is 1. The molecule has 0 N–H and O–H groups in total. The van der Waals surface area contributed by atoms with Crippen molar-refractivity contribution >= 4 is 22.6 Å². The van der Waals surface area contributed by atoms with Gasteiger partial charge in [0.1, 0.15) is 11.5 Å². The maximum Gasteiger partial charge on any atom is 0.433 e. The first kappa shape index (κ1) is 20.7. The molecule has 3 heterocycles. The van der Waals surface area contributed by atoms with E-state index in [9.17, 15) is 18.0 Å². The van der Waals surface area contributed by atoms with Gasteiger partial charge in [-0.2, -0.15) is 13.2 Å². The molecule has 32 heavy (non-hydrogen) atoms. The van der Waals surface area contributed by atoms with Crippen LogP contribution in [0.4, 0.5) is 19.0 Å². The zero-order chi connectivity index (χ0) is 22.3. The summed E-state index contributed by atoms with van der Waals surface area (Å²) in [7, 11) is 0. The summed E-state index contributed by atoms with van der Waals surface area (Å²) in [6.07, 6.45) is -0.190. The summed E-state index contributed by atoms with van der Waals surface area (Å²) in [5.74, 6) is 1.01. The van der Waals surface area contributed by atoms with E-state index < -0.39 is 11.9 Å². The molecule has 5 rings (SSSR count). The Labute approximate surface area is 183 Å². The molecular weight excluding hydrogens is 417 g/mol. The Morgan fingerprint density at radius 1 is 0.969 bits per heavy atom. The van der Waals surface area contributed by atoms with E-state index in [-0.39, 0.29) is 17.3 Å². The molecule has 3 aromatic rings. The van der Waals surface area contributed by atoms with Crippen molar-refractivity contribution in [3.63, 3.8) is 0 Å². The molecule has 0 bridgehead atoms. The lowest BCUT2D eigenvalue weighted by Crippen LogP contribution is -2.36. The standard InChI is InChI=1S/C24H23F3N4O/c25-24(26,27)20-10-9-18-21(29-20)19(16-5-2-1-3-6-16)15-28-22(18)30-11-4-12-31(14-13-30)23(32)17-7-8-17/h1-3,5-6,9-10,15,17H,4,7-8,11-14H2. The Morgan fingerprint density at radius 2 is 1.75 bits per heavy atom. The number of anilines is 1. The second-order valence-corrected chi connectivity index (χ2v) is 8.39. The largest absolute Gasteiger partial charge is 0.433 e. The first-order valence-electron chi connectivity index (χ1n) is 10.9. The fourth-order valence-electron chi connectivity index (χ4n) is 4.28. The van der Waals surface area contributed by atoms with Crippen LogP contribution in [-0.2, 0) is 11.0 Å². The van der Waals surface area contributed by atoms with E-state index in [1.54, 1.807) is 6.20 Å². The number of nitrogens with zero attached hydrogens (tertiary/aromatic N) is 4. The van der Waals surface area contributed by atoms with Gasteiger partial charge in [0.05, 0.1) is 5.52 Å². The molecule has 0 atom stereocenters. The normalized spacial score (nSPS) is 17.5. The first-order valence-corrected chi connectivity index (χ1v) is 10.9. The molecule has 166 valence electrons. The quantitative estimate of drug-likeness (QED) is 0.589. The van der Waals surface area contributed by atoms with Gasteiger partial charge in [-0.1, -0.05) is 30.3 Å². The highest BCUT2D eigenvalue weighted by Crippen LogP contribution is 2.36. The minimum atomic E-state index is -4.53. The molecule has 8 heteroatoms. The van der Waals surface area contributed by atoms with Crippen LogP contribution < -0.4 is 4.90 Å². The number of benzene rings is 1. The number of hydrogen-bond acceptors (Lipinski definition) is 4. The number of halogens is 3. The van der Waals surface area contributed by atoms with Crippen LogP contribution in [-0.4, -0.2) is 47.0 Å². The number of carbonyl (C=O) groups excluding carboxylic acids is 1. The zero-order valence-corrected chi connectivity index (χ0v) is 17.5. The van der Waals surface area contributed by atoms with Gasteiger partial charge in [-0.15, -0.1) is 0 Å². The molecule has 1 aromatic carbocycles. The number of aromatic nitrogens is 2. The molecule has 1 saturated heterocycles. The molecular formula is C24H23F3N4O. The maximum atomic E-state index is 13.4. The van der Waals surface area contributed by atoms with Crippen LogP contribution >= 0.6 is 0 Å². The summed E-state index contributed by atoms with van der Waals surface area (Å²) >= 11 is 0.